The lowest BCUT2D eigenvalue weighted by Crippen LogP contribution is -2.24. The largest absolute Gasteiger partial charge is 0.493 e. The molecule has 9 nitrogen and oxygen atoms in total. The fourth-order valence-electron chi connectivity index (χ4n) is 1.63. The molecule has 1 aromatic carbocycles. The Labute approximate surface area is 132 Å². The first-order chi connectivity index (χ1) is 10.9. The number of carbonyl (C=O) groups is 2. The second-order valence-corrected chi connectivity index (χ2v) is 5.96. The maximum atomic E-state index is 11.7. The van der Waals surface area contributed by atoms with Crippen LogP contribution in [0.15, 0.2) is 41.2 Å². The number of primary sulfonamides is 1. The quantitative estimate of drug-likeness (QED) is 0.702. The average Bonchev–Trinajstić information content (AvgIpc) is 2.53. The molecule has 0 aromatic heterocycles. The van der Waals surface area contributed by atoms with Crippen molar-refractivity contribution in [2.75, 3.05) is 25.1 Å². The molecule has 10 heteroatoms. The number of amides is 1. The lowest BCUT2D eigenvalue weighted by molar-refractivity contribution is -0.148. The van der Waals surface area contributed by atoms with Crippen LogP contribution in [0.2, 0.25) is 0 Å². The van der Waals surface area contributed by atoms with E-state index in [2.05, 4.69) is 5.32 Å². The minimum absolute atomic E-state index is 0.125. The van der Waals surface area contributed by atoms with E-state index in [9.17, 15) is 18.0 Å². The van der Waals surface area contributed by atoms with Gasteiger partial charge in [-0.25, -0.2) is 18.4 Å². The number of nitrogens with two attached hydrogens (primary N) is 1. The number of hydrogen-bond donors (Lipinski definition) is 2. The van der Waals surface area contributed by atoms with Crippen LogP contribution in [-0.2, 0) is 33.8 Å². The van der Waals surface area contributed by atoms with Crippen molar-refractivity contribution in [2.24, 2.45) is 5.14 Å². The predicted octanol–water partition coefficient (Wildman–Crippen LogP) is -0.296. The zero-order chi connectivity index (χ0) is 16.9. The molecule has 1 aliphatic heterocycles. The Morgan fingerprint density at radius 2 is 2.09 bits per heavy atom. The molecule has 1 heterocycles. The number of sulfonamides is 1. The van der Waals surface area contributed by atoms with Crippen molar-refractivity contribution >= 4 is 27.6 Å². The van der Waals surface area contributed by atoms with Gasteiger partial charge in [-0.05, 0) is 18.2 Å². The second-order valence-electron chi connectivity index (χ2n) is 4.40. The summed E-state index contributed by atoms with van der Waals surface area (Å²) in [6.07, 6.45) is 1.11. The molecule has 124 valence electrons. The molecule has 3 N–H and O–H groups in total. The molecule has 0 radical (unpaired) electrons. The summed E-state index contributed by atoms with van der Waals surface area (Å²) in [6, 6.07) is 5.36. The molecule has 1 aromatic rings. The fraction of sp³-hybridized carbons (Fsp3) is 0.231. The topological polar surface area (TPSA) is 134 Å². The van der Waals surface area contributed by atoms with Crippen molar-refractivity contribution in [3.63, 3.8) is 0 Å². The average molecular weight is 342 g/mol. The third-order valence-electron chi connectivity index (χ3n) is 2.63. The number of ether oxygens (including phenoxy) is 3. The summed E-state index contributed by atoms with van der Waals surface area (Å²) in [5, 5.41) is 7.38. The lowest BCUT2D eigenvalue weighted by atomic mass is 10.3. The van der Waals surface area contributed by atoms with E-state index in [0.29, 0.717) is 6.61 Å². The molecule has 0 atom stereocenters. The minimum atomic E-state index is -3.88. The lowest BCUT2D eigenvalue weighted by Gasteiger charge is -2.14. The first-order valence-corrected chi connectivity index (χ1v) is 7.95. The molecule has 0 unspecified atom stereocenters. The van der Waals surface area contributed by atoms with E-state index in [-0.39, 0.29) is 22.9 Å². The van der Waals surface area contributed by atoms with Gasteiger partial charge in [-0.15, -0.1) is 0 Å². The van der Waals surface area contributed by atoms with Crippen LogP contribution in [0, 0.1) is 0 Å². The van der Waals surface area contributed by atoms with Crippen LogP contribution < -0.4 is 10.5 Å². The van der Waals surface area contributed by atoms with Crippen LogP contribution in [0.5, 0.6) is 0 Å². The van der Waals surface area contributed by atoms with Crippen molar-refractivity contribution in [3.8, 4) is 0 Å². The van der Waals surface area contributed by atoms with Crippen molar-refractivity contribution in [1.82, 2.24) is 0 Å². The number of carbonyl (C=O) groups excluding carboxylic acids is 2. The normalized spacial score (nSPS) is 14.0. The standard InChI is InChI=1S/C13H14N2O7S/c14-23(18,19)10-3-1-2-9(6-10)15-12(16)8-22-13(17)11-7-20-4-5-21-11/h1-3,6-7H,4-5,8H2,(H,15,16)(H2,14,18,19). The van der Waals surface area contributed by atoms with Gasteiger partial charge in [0.25, 0.3) is 5.91 Å². The van der Waals surface area contributed by atoms with Gasteiger partial charge in [-0.3, -0.25) is 4.79 Å². The molecular weight excluding hydrogens is 328 g/mol. The highest BCUT2D eigenvalue weighted by molar-refractivity contribution is 7.89. The van der Waals surface area contributed by atoms with Gasteiger partial charge in [0.1, 0.15) is 19.5 Å². The van der Waals surface area contributed by atoms with Crippen LogP contribution in [0.25, 0.3) is 0 Å². The number of rotatable bonds is 5. The summed E-state index contributed by atoms with van der Waals surface area (Å²) < 4.78 is 37.1. The molecule has 0 spiro atoms. The van der Waals surface area contributed by atoms with Crippen molar-refractivity contribution < 1.29 is 32.2 Å². The number of anilines is 1. The van der Waals surface area contributed by atoms with Crippen molar-refractivity contribution in [1.29, 1.82) is 0 Å². The monoisotopic (exact) mass is 342 g/mol. The van der Waals surface area contributed by atoms with Crippen LogP contribution in [0.1, 0.15) is 0 Å². The molecule has 2 rings (SSSR count). The van der Waals surface area contributed by atoms with E-state index in [1.54, 1.807) is 0 Å². The Balaban J connectivity index is 1.90. The van der Waals surface area contributed by atoms with E-state index in [4.69, 9.17) is 19.3 Å². The van der Waals surface area contributed by atoms with E-state index in [1.165, 1.54) is 24.3 Å². The van der Waals surface area contributed by atoms with E-state index >= 15 is 0 Å². The van der Waals surface area contributed by atoms with Gasteiger partial charge in [-0.2, -0.15) is 0 Å². The van der Waals surface area contributed by atoms with Gasteiger partial charge >= 0.3 is 5.97 Å². The van der Waals surface area contributed by atoms with Crippen LogP contribution in [0.4, 0.5) is 5.69 Å². The fourth-order valence-corrected chi connectivity index (χ4v) is 2.19. The van der Waals surface area contributed by atoms with Crippen LogP contribution in [-0.4, -0.2) is 40.1 Å². The van der Waals surface area contributed by atoms with Gasteiger partial charge in [-0.1, -0.05) is 6.07 Å². The van der Waals surface area contributed by atoms with Gasteiger partial charge in [0.15, 0.2) is 6.61 Å². The summed E-state index contributed by atoms with van der Waals surface area (Å²) in [4.78, 5) is 23.1. The highest BCUT2D eigenvalue weighted by Gasteiger charge is 2.18. The number of hydrogen-bond acceptors (Lipinski definition) is 7. The third kappa shape index (κ3) is 4.97. The highest BCUT2D eigenvalue weighted by Crippen LogP contribution is 2.14. The maximum Gasteiger partial charge on any atom is 0.377 e. The summed E-state index contributed by atoms with van der Waals surface area (Å²) >= 11 is 0. The summed E-state index contributed by atoms with van der Waals surface area (Å²) in [7, 11) is -3.88. The zero-order valence-corrected chi connectivity index (χ0v) is 12.7. The van der Waals surface area contributed by atoms with Crippen LogP contribution in [0.3, 0.4) is 0 Å². The Morgan fingerprint density at radius 1 is 1.30 bits per heavy atom. The van der Waals surface area contributed by atoms with Gasteiger partial charge in [0.2, 0.25) is 15.8 Å². The number of benzene rings is 1. The third-order valence-corrected chi connectivity index (χ3v) is 3.54. The van der Waals surface area contributed by atoms with Gasteiger partial charge in [0.05, 0.1) is 4.90 Å². The highest BCUT2D eigenvalue weighted by atomic mass is 32.2. The first kappa shape index (κ1) is 16.8. The molecule has 0 saturated heterocycles. The molecular formula is C13H14N2O7S. The van der Waals surface area contributed by atoms with Crippen LogP contribution >= 0.6 is 0 Å². The summed E-state index contributed by atoms with van der Waals surface area (Å²) in [6.45, 7) is -0.0235. The SMILES string of the molecule is NS(=O)(=O)c1cccc(NC(=O)COC(=O)C2=COCCO2)c1. The maximum absolute atomic E-state index is 11.7. The van der Waals surface area contributed by atoms with E-state index < -0.39 is 28.5 Å². The zero-order valence-electron chi connectivity index (χ0n) is 11.9. The Bertz CT molecular complexity index is 742. The summed E-state index contributed by atoms with van der Waals surface area (Å²) in [5.41, 5.74) is 0.203. The van der Waals surface area contributed by atoms with Gasteiger partial charge < -0.3 is 19.5 Å². The molecule has 0 aliphatic carbocycles. The Hall–Kier alpha value is -2.59. The second kappa shape index (κ2) is 7.11. The molecule has 23 heavy (non-hydrogen) atoms. The first-order valence-electron chi connectivity index (χ1n) is 6.40. The Kier molecular flexibility index (Phi) is 5.19. The smallest absolute Gasteiger partial charge is 0.377 e. The van der Waals surface area contributed by atoms with Gasteiger partial charge in [0, 0.05) is 5.69 Å². The van der Waals surface area contributed by atoms with E-state index in [0.717, 1.165) is 6.26 Å². The molecule has 0 saturated carbocycles. The summed E-state index contributed by atoms with van der Waals surface area (Å²) in [5.74, 6) is -1.61. The molecule has 0 bridgehead atoms. The van der Waals surface area contributed by atoms with Crippen molar-refractivity contribution in [2.45, 2.75) is 4.90 Å². The van der Waals surface area contributed by atoms with Crippen molar-refractivity contribution in [3.05, 3.63) is 36.3 Å². The number of nitrogens with one attached hydrogen (secondary N) is 1. The van der Waals surface area contributed by atoms with E-state index in [1.807, 2.05) is 0 Å². The number of esters is 1. The predicted molar refractivity (Wildman–Crippen MR) is 77.4 cm³/mol. The minimum Gasteiger partial charge on any atom is -0.493 e. The molecule has 0 fully saturated rings. The molecule has 1 aliphatic rings. The molecule has 1 amide bonds. The Morgan fingerprint density at radius 3 is 2.74 bits per heavy atom.